The average Bonchev–Trinajstić information content (AvgIpc) is 3.19. The number of hydrogen-bond donors (Lipinski definition) is 4. The van der Waals surface area contributed by atoms with Gasteiger partial charge in [0.15, 0.2) is 5.65 Å². The lowest BCUT2D eigenvalue weighted by Crippen LogP contribution is -2.13. The number of pyridine rings is 1. The van der Waals surface area contributed by atoms with Crippen LogP contribution in [0.2, 0.25) is 0 Å². The lowest BCUT2D eigenvalue weighted by Gasteiger charge is -2.04. The second-order valence-corrected chi connectivity index (χ2v) is 5.32. The molecule has 0 unspecified atom stereocenters. The number of carboxylic acid groups (broad SMARTS) is 1. The summed E-state index contributed by atoms with van der Waals surface area (Å²) < 4.78 is 0. The van der Waals surface area contributed by atoms with Crippen LogP contribution in [0.4, 0.5) is 0 Å². The quantitative estimate of drug-likeness (QED) is 0.456. The Hall–Kier alpha value is -3.68. The van der Waals surface area contributed by atoms with Gasteiger partial charge in [-0.05, 0) is 29.8 Å². The molecule has 8 nitrogen and oxygen atoms in total. The highest BCUT2D eigenvalue weighted by molar-refractivity contribution is 6.07. The molecule has 5 N–H and O–H groups in total. The number of nitrogens with two attached hydrogens (primary N) is 1. The van der Waals surface area contributed by atoms with Gasteiger partial charge in [-0.1, -0.05) is 0 Å². The molecule has 0 atom stereocenters. The summed E-state index contributed by atoms with van der Waals surface area (Å²) in [7, 11) is 0. The van der Waals surface area contributed by atoms with Crippen LogP contribution >= 0.6 is 0 Å². The minimum atomic E-state index is -1.01. The van der Waals surface area contributed by atoms with Crippen LogP contribution in [0.15, 0.2) is 36.7 Å². The van der Waals surface area contributed by atoms with Crippen LogP contribution in [0.5, 0.6) is 0 Å². The SMILES string of the molecule is NC(=O)c1cc(-c2c[nH]c3ccc(C(=O)O)cc23)c2cn[nH]c2n1. The number of carboxylic acids is 1. The molecule has 8 heteroatoms. The molecule has 0 spiro atoms. The van der Waals surface area contributed by atoms with Crippen molar-refractivity contribution in [3.05, 3.63) is 47.9 Å². The Morgan fingerprint density at radius 2 is 1.96 bits per heavy atom. The van der Waals surface area contributed by atoms with Crippen molar-refractivity contribution < 1.29 is 14.7 Å². The molecule has 0 aliphatic rings. The van der Waals surface area contributed by atoms with Crippen molar-refractivity contribution in [1.29, 1.82) is 0 Å². The van der Waals surface area contributed by atoms with Crippen LogP contribution in [0, 0.1) is 0 Å². The number of nitrogens with zero attached hydrogens (tertiary/aromatic N) is 2. The van der Waals surface area contributed by atoms with E-state index >= 15 is 0 Å². The minimum absolute atomic E-state index is 0.102. The Kier molecular flexibility index (Phi) is 2.86. The molecule has 3 heterocycles. The standard InChI is InChI=1S/C16H11N5O3/c17-14(22)13-4-8(11-6-19-21-15(11)20-13)10-5-18-12-2-1-7(16(23)24)3-9(10)12/h1-6,18H,(H2,17,22)(H,23,24)(H,19,20,21). The van der Waals surface area contributed by atoms with Crippen molar-refractivity contribution >= 4 is 33.8 Å². The van der Waals surface area contributed by atoms with Gasteiger partial charge < -0.3 is 15.8 Å². The summed E-state index contributed by atoms with van der Waals surface area (Å²) in [4.78, 5) is 30.0. The maximum absolute atomic E-state index is 11.5. The molecule has 0 aliphatic carbocycles. The number of primary amides is 1. The first-order valence-electron chi connectivity index (χ1n) is 7.03. The fraction of sp³-hybridized carbons (Fsp3) is 0. The number of nitrogens with one attached hydrogen (secondary N) is 2. The average molecular weight is 321 g/mol. The van der Waals surface area contributed by atoms with E-state index < -0.39 is 11.9 Å². The summed E-state index contributed by atoms with van der Waals surface area (Å²) in [5.41, 5.74) is 8.28. The molecule has 1 aromatic carbocycles. The summed E-state index contributed by atoms with van der Waals surface area (Å²) in [6, 6.07) is 6.39. The lowest BCUT2D eigenvalue weighted by molar-refractivity contribution is 0.0697. The number of hydrogen-bond acceptors (Lipinski definition) is 4. The number of benzene rings is 1. The summed E-state index contributed by atoms with van der Waals surface area (Å²) in [5, 5.41) is 17.3. The third-order valence-corrected chi connectivity index (χ3v) is 3.89. The van der Waals surface area contributed by atoms with E-state index in [4.69, 9.17) is 5.73 Å². The fourth-order valence-electron chi connectivity index (χ4n) is 2.75. The molecule has 24 heavy (non-hydrogen) atoms. The highest BCUT2D eigenvalue weighted by Crippen LogP contribution is 2.33. The summed E-state index contributed by atoms with van der Waals surface area (Å²) in [6.07, 6.45) is 3.35. The van der Waals surface area contributed by atoms with Crippen molar-refractivity contribution in [3.8, 4) is 11.1 Å². The molecule has 0 fully saturated rings. The zero-order valence-corrected chi connectivity index (χ0v) is 12.2. The van der Waals surface area contributed by atoms with Gasteiger partial charge in [0, 0.05) is 28.0 Å². The van der Waals surface area contributed by atoms with Crippen LogP contribution < -0.4 is 5.73 Å². The van der Waals surface area contributed by atoms with Crippen molar-refractivity contribution in [2.75, 3.05) is 0 Å². The van der Waals surface area contributed by atoms with Crippen molar-refractivity contribution in [2.45, 2.75) is 0 Å². The van der Waals surface area contributed by atoms with Gasteiger partial charge in [-0.15, -0.1) is 0 Å². The van der Waals surface area contributed by atoms with Gasteiger partial charge in [0.25, 0.3) is 5.91 Å². The number of aromatic carboxylic acids is 1. The summed E-state index contributed by atoms with van der Waals surface area (Å²) in [6.45, 7) is 0. The van der Waals surface area contributed by atoms with Gasteiger partial charge in [0.05, 0.1) is 11.8 Å². The Labute approximate surface area is 134 Å². The molecule has 118 valence electrons. The molecule has 0 saturated heterocycles. The van der Waals surface area contributed by atoms with Crippen molar-refractivity contribution in [1.82, 2.24) is 20.2 Å². The number of amides is 1. The van der Waals surface area contributed by atoms with Gasteiger partial charge >= 0.3 is 5.97 Å². The molecule has 4 rings (SSSR count). The second-order valence-electron chi connectivity index (χ2n) is 5.32. The first-order chi connectivity index (χ1) is 11.5. The number of aromatic nitrogens is 4. The number of aromatic amines is 2. The molecule has 0 saturated carbocycles. The molecule has 4 aromatic rings. The van der Waals surface area contributed by atoms with Gasteiger partial charge in [-0.2, -0.15) is 5.10 Å². The van der Waals surface area contributed by atoms with Gasteiger partial charge in [-0.25, -0.2) is 9.78 Å². The third kappa shape index (κ3) is 2.01. The van der Waals surface area contributed by atoms with E-state index in [0.717, 1.165) is 16.5 Å². The number of carbonyl (C=O) groups excluding carboxylic acids is 1. The van der Waals surface area contributed by atoms with Crippen molar-refractivity contribution in [2.24, 2.45) is 5.73 Å². The van der Waals surface area contributed by atoms with Crippen LogP contribution in [0.1, 0.15) is 20.8 Å². The summed E-state index contributed by atoms with van der Waals surface area (Å²) in [5.74, 6) is -1.66. The molecular weight excluding hydrogens is 310 g/mol. The highest BCUT2D eigenvalue weighted by atomic mass is 16.4. The zero-order valence-electron chi connectivity index (χ0n) is 12.2. The van der Waals surface area contributed by atoms with E-state index in [1.54, 1.807) is 30.6 Å². The Balaban J connectivity index is 2.05. The highest BCUT2D eigenvalue weighted by Gasteiger charge is 2.16. The van der Waals surface area contributed by atoms with Gasteiger partial charge in [0.1, 0.15) is 5.69 Å². The Morgan fingerprint density at radius 3 is 2.71 bits per heavy atom. The maximum atomic E-state index is 11.5. The normalized spacial score (nSPS) is 11.2. The number of rotatable bonds is 3. The van der Waals surface area contributed by atoms with E-state index in [1.165, 1.54) is 6.07 Å². The van der Waals surface area contributed by atoms with Crippen LogP contribution in [0.3, 0.4) is 0 Å². The zero-order chi connectivity index (χ0) is 16.8. The molecule has 0 aliphatic heterocycles. The molecule has 0 radical (unpaired) electrons. The fourth-order valence-corrected chi connectivity index (χ4v) is 2.75. The molecule has 0 bridgehead atoms. The first kappa shape index (κ1) is 13.9. The van der Waals surface area contributed by atoms with Crippen LogP contribution in [-0.4, -0.2) is 37.1 Å². The summed E-state index contributed by atoms with van der Waals surface area (Å²) >= 11 is 0. The van der Waals surface area contributed by atoms with E-state index in [2.05, 4.69) is 20.2 Å². The number of fused-ring (bicyclic) bond motifs is 2. The topological polar surface area (TPSA) is 138 Å². The molecular formula is C16H11N5O3. The molecule has 3 aromatic heterocycles. The van der Waals surface area contributed by atoms with E-state index in [9.17, 15) is 14.7 Å². The second kappa shape index (κ2) is 4.92. The number of carbonyl (C=O) groups is 2. The molecule has 1 amide bonds. The van der Waals surface area contributed by atoms with E-state index in [-0.39, 0.29) is 11.3 Å². The lowest BCUT2D eigenvalue weighted by atomic mass is 10.0. The van der Waals surface area contributed by atoms with Gasteiger partial charge in [0.2, 0.25) is 0 Å². The third-order valence-electron chi connectivity index (χ3n) is 3.89. The van der Waals surface area contributed by atoms with Crippen molar-refractivity contribution in [3.63, 3.8) is 0 Å². The smallest absolute Gasteiger partial charge is 0.335 e. The monoisotopic (exact) mass is 321 g/mol. The maximum Gasteiger partial charge on any atom is 0.335 e. The number of H-pyrrole nitrogens is 2. The van der Waals surface area contributed by atoms with E-state index in [0.29, 0.717) is 16.6 Å². The van der Waals surface area contributed by atoms with Gasteiger partial charge in [-0.3, -0.25) is 9.89 Å². The predicted molar refractivity (Wildman–Crippen MR) is 86.7 cm³/mol. The predicted octanol–water partition coefficient (Wildman–Crippen LogP) is 1.90. The minimum Gasteiger partial charge on any atom is -0.478 e. The Morgan fingerprint density at radius 1 is 1.12 bits per heavy atom. The van der Waals surface area contributed by atoms with Crippen LogP contribution in [0.25, 0.3) is 33.1 Å². The largest absolute Gasteiger partial charge is 0.478 e. The van der Waals surface area contributed by atoms with Crippen LogP contribution in [-0.2, 0) is 0 Å². The first-order valence-corrected chi connectivity index (χ1v) is 7.03. The van der Waals surface area contributed by atoms with E-state index in [1.807, 2.05) is 0 Å². The Bertz CT molecular complexity index is 1130.